The van der Waals surface area contributed by atoms with Crippen molar-refractivity contribution >= 4 is 16.0 Å². The number of rotatable bonds is 5. The maximum atomic E-state index is 12.3. The maximum Gasteiger partial charge on any atom is 0.337 e. The lowest BCUT2D eigenvalue weighted by molar-refractivity contribution is 0.0692. The Labute approximate surface area is 132 Å². The number of aromatic carboxylic acids is 1. The van der Waals surface area contributed by atoms with Crippen LogP contribution < -0.4 is 14.2 Å². The van der Waals surface area contributed by atoms with Gasteiger partial charge in [-0.15, -0.1) is 0 Å². The summed E-state index contributed by atoms with van der Waals surface area (Å²) in [6, 6.07) is 10.5. The van der Waals surface area contributed by atoms with Crippen molar-refractivity contribution in [3.05, 3.63) is 53.6 Å². The molecule has 0 unspecified atom stereocenters. The van der Waals surface area contributed by atoms with Gasteiger partial charge in [0.2, 0.25) is 16.8 Å². The first kappa shape index (κ1) is 15.3. The summed E-state index contributed by atoms with van der Waals surface area (Å²) in [6.45, 7) is 0.142. The van der Waals surface area contributed by atoms with Gasteiger partial charge < -0.3 is 14.6 Å². The van der Waals surface area contributed by atoms with Gasteiger partial charge in [-0.1, -0.05) is 18.2 Å². The zero-order valence-electron chi connectivity index (χ0n) is 11.9. The lowest BCUT2D eigenvalue weighted by atomic mass is 10.2. The molecule has 0 radical (unpaired) electrons. The van der Waals surface area contributed by atoms with E-state index in [0.29, 0.717) is 17.1 Å². The highest BCUT2D eigenvalue weighted by atomic mass is 32.2. The molecule has 7 nitrogen and oxygen atoms in total. The fraction of sp³-hybridized carbons (Fsp3) is 0.133. The second kappa shape index (κ2) is 5.90. The molecule has 120 valence electrons. The summed E-state index contributed by atoms with van der Waals surface area (Å²) in [5.74, 6) is -0.144. The van der Waals surface area contributed by atoms with Crippen LogP contribution >= 0.6 is 0 Å². The average Bonchev–Trinajstić information content (AvgIpc) is 3.00. The molecule has 1 aliphatic heterocycles. The van der Waals surface area contributed by atoms with Gasteiger partial charge in [-0.25, -0.2) is 17.9 Å². The van der Waals surface area contributed by atoms with Crippen molar-refractivity contribution < 1.29 is 27.8 Å². The van der Waals surface area contributed by atoms with Crippen LogP contribution in [-0.2, 0) is 16.6 Å². The highest BCUT2D eigenvalue weighted by Gasteiger charge is 2.22. The van der Waals surface area contributed by atoms with Gasteiger partial charge >= 0.3 is 5.97 Å². The van der Waals surface area contributed by atoms with E-state index < -0.39 is 16.0 Å². The molecule has 1 aliphatic rings. The van der Waals surface area contributed by atoms with Crippen LogP contribution in [0.5, 0.6) is 11.5 Å². The van der Waals surface area contributed by atoms with Gasteiger partial charge in [-0.3, -0.25) is 0 Å². The number of hydrogen-bond donors (Lipinski definition) is 2. The van der Waals surface area contributed by atoms with Gasteiger partial charge in [0.1, 0.15) is 0 Å². The van der Waals surface area contributed by atoms with Crippen LogP contribution in [0.3, 0.4) is 0 Å². The molecule has 0 atom stereocenters. The van der Waals surface area contributed by atoms with E-state index in [1.54, 1.807) is 18.2 Å². The molecule has 2 aromatic carbocycles. The Morgan fingerprint density at radius 2 is 1.87 bits per heavy atom. The Hall–Kier alpha value is -2.58. The summed E-state index contributed by atoms with van der Waals surface area (Å²) >= 11 is 0. The first-order valence-corrected chi connectivity index (χ1v) is 8.16. The summed E-state index contributed by atoms with van der Waals surface area (Å²) in [7, 11) is -3.95. The van der Waals surface area contributed by atoms with E-state index in [0.717, 1.165) is 0 Å². The van der Waals surface area contributed by atoms with Crippen molar-refractivity contribution in [2.45, 2.75) is 11.4 Å². The van der Waals surface area contributed by atoms with Crippen molar-refractivity contribution in [1.82, 2.24) is 4.72 Å². The van der Waals surface area contributed by atoms with E-state index in [2.05, 4.69) is 4.72 Å². The lowest BCUT2D eigenvalue weighted by Gasteiger charge is -2.09. The molecule has 23 heavy (non-hydrogen) atoms. The molecule has 2 N–H and O–H groups in total. The van der Waals surface area contributed by atoms with E-state index in [1.807, 2.05) is 0 Å². The molecule has 0 aromatic heterocycles. The SMILES string of the molecule is O=C(O)c1ccccc1S(=O)(=O)NCc1ccc2c(c1)OCO2. The molecule has 0 saturated carbocycles. The van der Waals surface area contributed by atoms with Crippen LogP contribution in [0, 0.1) is 0 Å². The van der Waals surface area contributed by atoms with Crippen LogP contribution in [-0.4, -0.2) is 26.3 Å². The average molecular weight is 335 g/mol. The minimum atomic E-state index is -3.95. The van der Waals surface area contributed by atoms with Gasteiger partial charge in [0.25, 0.3) is 0 Å². The normalized spacial score (nSPS) is 13.0. The summed E-state index contributed by atoms with van der Waals surface area (Å²) in [4.78, 5) is 10.9. The second-order valence-electron chi connectivity index (χ2n) is 4.81. The minimum absolute atomic E-state index is 0.00687. The van der Waals surface area contributed by atoms with E-state index in [-0.39, 0.29) is 23.8 Å². The van der Waals surface area contributed by atoms with E-state index >= 15 is 0 Å². The number of hydrogen-bond acceptors (Lipinski definition) is 5. The van der Waals surface area contributed by atoms with Gasteiger partial charge in [0.15, 0.2) is 11.5 Å². The molecule has 0 amide bonds. The molecule has 1 heterocycles. The Kier molecular flexibility index (Phi) is 3.93. The Morgan fingerprint density at radius 3 is 2.65 bits per heavy atom. The summed E-state index contributed by atoms with van der Waals surface area (Å²) < 4.78 is 37.5. The van der Waals surface area contributed by atoms with Crippen LogP contribution in [0.1, 0.15) is 15.9 Å². The highest BCUT2D eigenvalue weighted by molar-refractivity contribution is 7.89. The van der Waals surface area contributed by atoms with Gasteiger partial charge in [0, 0.05) is 6.54 Å². The van der Waals surface area contributed by atoms with Crippen LogP contribution in [0.2, 0.25) is 0 Å². The third kappa shape index (κ3) is 3.13. The van der Waals surface area contributed by atoms with Gasteiger partial charge in [-0.05, 0) is 29.8 Å². The van der Waals surface area contributed by atoms with Crippen molar-refractivity contribution in [2.75, 3.05) is 6.79 Å². The van der Waals surface area contributed by atoms with E-state index in [9.17, 15) is 13.2 Å². The summed E-state index contributed by atoms with van der Waals surface area (Å²) in [5, 5.41) is 9.10. The standard InChI is InChI=1S/C15H13NO6S/c17-15(18)11-3-1-2-4-14(11)23(19,20)16-8-10-5-6-12-13(7-10)22-9-21-12/h1-7,16H,8-9H2,(H,17,18). The Bertz CT molecular complexity index is 862. The number of ether oxygens (including phenoxy) is 2. The van der Waals surface area contributed by atoms with Crippen LogP contribution in [0.4, 0.5) is 0 Å². The summed E-state index contributed by atoms with van der Waals surface area (Å²) in [5.41, 5.74) is 0.399. The van der Waals surface area contributed by atoms with Crippen LogP contribution in [0.15, 0.2) is 47.4 Å². The molecular weight excluding hydrogens is 322 g/mol. The summed E-state index contributed by atoms with van der Waals surface area (Å²) in [6.07, 6.45) is 0. The smallest absolute Gasteiger partial charge is 0.337 e. The Morgan fingerprint density at radius 1 is 1.13 bits per heavy atom. The van der Waals surface area contributed by atoms with Crippen molar-refractivity contribution in [3.63, 3.8) is 0 Å². The zero-order chi connectivity index (χ0) is 16.4. The number of nitrogens with one attached hydrogen (secondary N) is 1. The number of sulfonamides is 1. The molecule has 0 saturated heterocycles. The largest absolute Gasteiger partial charge is 0.478 e. The third-order valence-electron chi connectivity index (χ3n) is 3.31. The van der Waals surface area contributed by atoms with Crippen molar-refractivity contribution in [2.24, 2.45) is 0 Å². The fourth-order valence-electron chi connectivity index (χ4n) is 2.18. The van der Waals surface area contributed by atoms with Crippen molar-refractivity contribution in [1.29, 1.82) is 0 Å². The number of benzene rings is 2. The topological polar surface area (TPSA) is 102 Å². The van der Waals surface area contributed by atoms with E-state index in [1.165, 1.54) is 24.3 Å². The number of fused-ring (bicyclic) bond motifs is 1. The molecular formula is C15H13NO6S. The first-order valence-electron chi connectivity index (χ1n) is 6.68. The van der Waals surface area contributed by atoms with Crippen LogP contribution in [0.25, 0.3) is 0 Å². The fourth-order valence-corrected chi connectivity index (χ4v) is 3.40. The molecule has 0 spiro atoms. The zero-order valence-corrected chi connectivity index (χ0v) is 12.7. The molecule has 2 aromatic rings. The third-order valence-corrected chi connectivity index (χ3v) is 4.77. The molecule has 8 heteroatoms. The van der Waals surface area contributed by atoms with E-state index in [4.69, 9.17) is 14.6 Å². The highest BCUT2D eigenvalue weighted by Crippen LogP contribution is 2.32. The van der Waals surface area contributed by atoms with Gasteiger partial charge in [0.05, 0.1) is 10.5 Å². The quantitative estimate of drug-likeness (QED) is 0.860. The molecule has 0 aliphatic carbocycles. The number of carbonyl (C=O) groups is 1. The minimum Gasteiger partial charge on any atom is -0.478 e. The lowest BCUT2D eigenvalue weighted by Crippen LogP contribution is -2.25. The van der Waals surface area contributed by atoms with Gasteiger partial charge in [-0.2, -0.15) is 0 Å². The number of carboxylic acids is 1. The second-order valence-corrected chi connectivity index (χ2v) is 6.55. The first-order chi connectivity index (χ1) is 11.0. The molecule has 3 rings (SSSR count). The maximum absolute atomic E-state index is 12.3. The number of carboxylic acid groups (broad SMARTS) is 1. The monoisotopic (exact) mass is 335 g/mol. The predicted molar refractivity (Wildman–Crippen MR) is 80.0 cm³/mol. The molecule has 0 fully saturated rings. The predicted octanol–water partition coefficient (Wildman–Crippen LogP) is 1.59. The Balaban J connectivity index is 1.81. The van der Waals surface area contributed by atoms with Crippen molar-refractivity contribution in [3.8, 4) is 11.5 Å². The molecule has 0 bridgehead atoms.